The summed E-state index contributed by atoms with van der Waals surface area (Å²) in [4.78, 5) is 0. The van der Waals surface area contributed by atoms with Gasteiger partial charge in [-0.25, -0.2) is 0 Å². The van der Waals surface area contributed by atoms with Gasteiger partial charge < -0.3 is 14.8 Å². The van der Waals surface area contributed by atoms with E-state index in [4.69, 9.17) is 9.47 Å². The smallest absolute Gasteiger partial charge is 0.173 e. The van der Waals surface area contributed by atoms with E-state index >= 15 is 0 Å². The van der Waals surface area contributed by atoms with Crippen molar-refractivity contribution in [1.82, 2.24) is 0 Å². The molecule has 0 atom stereocenters. The average Bonchev–Trinajstić information content (AvgIpc) is 2.19. The van der Waals surface area contributed by atoms with Crippen molar-refractivity contribution in [1.29, 1.82) is 0 Å². The van der Waals surface area contributed by atoms with Crippen LogP contribution in [0.1, 0.15) is 0 Å². The SMILES string of the molecule is COC(CNc1cccc(Br)c1)OC. The maximum Gasteiger partial charge on any atom is 0.173 e. The first-order valence-electron chi connectivity index (χ1n) is 4.31. The summed E-state index contributed by atoms with van der Waals surface area (Å²) in [5.74, 6) is 0. The van der Waals surface area contributed by atoms with Crippen molar-refractivity contribution in [2.24, 2.45) is 0 Å². The molecule has 14 heavy (non-hydrogen) atoms. The number of halogens is 1. The molecule has 0 aliphatic carbocycles. The molecule has 0 spiro atoms. The van der Waals surface area contributed by atoms with E-state index in [0.717, 1.165) is 10.2 Å². The van der Waals surface area contributed by atoms with Crippen LogP contribution in [-0.2, 0) is 9.47 Å². The van der Waals surface area contributed by atoms with Gasteiger partial charge in [0.1, 0.15) is 0 Å². The predicted octanol–water partition coefficient (Wildman–Crippen LogP) is 2.48. The highest BCUT2D eigenvalue weighted by Gasteiger charge is 2.03. The molecule has 3 nitrogen and oxygen atoms in total. The molecular formula is C10H14BrNO2. The third-order valence-electron chi connectivity index (χ3n) is 1.82. The first kappa shape index (κ1) is 11.5. The zero-order chi connectivity index (χ0) is 10.4. The summed E-state index contributed by atoms with van der Waals surface area (Å²) in [6.45, 7) is 0.628. The minimum Gasteiger partial charge on any atom is -0.380 e. The maximum atomic E-state index is 5.05. The molecule has 1 aromatic carbocycles. The van der Waals surface area contributed by atoms with Crippen LogP contribution in [0, 0.1) is 0 Å². The lowest BCUT2D eigenvalue weighted by Crippen LogP contribution is -2.23. The topological polar surface area (TPSA) is 30.5 Å². The number of benzene rings is 1. The minimum absolute atomic E-state index is 0.214. The largest absolute Gasteiger partial charge is 0.380 e. The van der Waals surface area contributed by atoms with Crippen molar-refractivity contribution in [3.8, 4) is 0 Å². The molecule has 0 unspecified atom stereocenters. The van der Waals surface area contributed by atoms with E-state index in [1.54, 1.807) is 14.2 Å². The van der Waals surface area contributed by atoms with Gasteiger partial charge >= 0.3 is 0 Å². The summed E-state index contributed by atoms with van der Waals surface area (Å²) in [7, 11) is 3.24. The first-order chi connectivity index (χ1) is 6.76. The minimum atomic E-state index is -0.214. The van der Waals surface area contributed by atoms with Crippen molar-refractivity contribution in [2.75, 3.05) is 26.1 Å². The van der Waals surface area contributed by atoms with Gasteiger partial charge in [0.05, 0.1) is 6.54 Å². The highest BCUT2D eigenvalue weighted by Crippen LogP contribution is 2.15. The number of ether oxygens (including phenoxy) is 2. The quantitative estimate of drug-likeness (QED) is 0.825. The van der Waals surface area contributed by atoms with E-state index in [9.17, 15) is 0 Å². The van der Waals surface area contributed by atoms with E-state index in [1.807, 2.05) is 24.3 Å². The maximum absolute atomic E-state index is 5.05. The molecule has 0 radical (unpaired) electrons. The summed E-state index contributed by atoms with van der Waals surface area (Å²) in [6, 6.07) is 7.95. The van der Waals surface area contributed by atoms with Crippen molar-refractivity contribution in [2.45, 2.75) is 6.29 Å². The molecule has 1 aromatic rings. The van der Waals surface area contributed by atoms with Gasteiger partial charge in [-0.1, -0.05) is 22.0 Å². The Kier molecular flexibility index (Phi) is 4.93. The van der Waals surface area contributed by atoms with Crippen LogP contribution in [0.5, 0.6) is 0 Å². The first-order valence-corrected chi connectivity index (χ1v) is 5.10. The van der Waals surface area contributed by atoms with Crippen LogP contribution in [0.25, 0.3) is 0 Å². The van der Waals surface area contributed by atoms with Crippen LogP contribution < -0.4 is 5.32 Å². The van der Waals surface area contributed by atoms with Crippen molar-refractivity contribution in [3.05, 3.63) is 28.7 Å². The number of nitrogens with one attached hydrogen (secondary N) is 1. The fourth-order valence-corrected chi connectivity index (χ4v) is 1.46. The standard InChI is InChI=1S/C10H14BrNO2/c1-13-10(14-2)7-12-9-5-3-4-8(11)6-9/h3-6,10,12H,7H2,1-2H3. The third-order valence-corrected chi connectivity index (χ3v) is 2.32. The van der Waals surface area contributed by atoms with E-state index < -0.39 is 0 Å². The lowest BCUT2D eigenvalue weighted by atomic mass is 10.3. The van der Waals surface area contributed by atoms with Crippen molar-refractivity contribution >= 4 is 21.6 Å². The van der Waals surface area contributed by atoms with E-state index in [0.29, 0.717) is 6.54 Å². The molecule has 1 rings (SSSR count). The predicted molar refractivity (Wildman–Crippen MR) is 60.4 cm³/mol. The Morgan fingerprint density at radius 3 is 2.64 bits per heavy atom. The second-order valence-corrected chi connectivity index (χ2v) is 3.71. The normalized spacial score (nSPS) is 10.6. The van der Waals surface area contributed by atoms with Crippen LogP contribution in [0.15, 0.2) is 28.7 Å². The molecule has 0 heterocycles. The molecule has 1 N–H and O–H groups in total. The number of anilines is 1. The lowest BCUT2D eigenvalue weighted by Gasteiger charge is -2.14. The molecule has 0 aliphatic heterocycles. The monoisotopic (exact) mass is 259 g/mol. The van der Waals surface area contributed by atoms with E-state index in [-0.39, 0.29) is 6.29 Å². The van der Waals surface area contributed by atoms with Crippen LogP contribution >= 0.6 is 15.9 Å². The Balaban J connectivity index is 2.44. The van der Waals surface area contributed by atoms with E-state index in [1.165, 1.54) is 0 Å². The van der Waals surface area contributed by atoms with Gasteiger partial charge in [-0.3, -0.25) is 0 Å². The summed E-state index contributed by atoms with van der Waals surface area (Å²) in [5.41, 5.74) is 1.04. The highest BCUT2D eigenvalue weighted by atomic mass is 79.9. The second kappa shape index (κ2) is 6.01. The molecule has 78 valence electrons. The van der Waals surface area contributed by atoms with Gasteiger partial charge in [0, 0.05) is 24.4 Å². The second-order valence-electron chi connectivity index (χ2n) is 2.79. The van der Waals surface area contributed by atoms with Crippen molar-refractivity contribution < 1.29 is 9.47 Å². The molecule has 0 saturated carbocycles. The van der Waals surface area contributed by atoms with Crippen LogP contribution in [0.2, 0.25) is 0 Å². The zero-order valence-electron chi connectivity index (χ0n) is 8.29. The van der Waals surface area contributed by atoms with Gasteiger partial charge in [-0.15, -0.1) is 0 Å². The zero-order valence-corrected chi connectivity index (χ0v) is 9.87. The van der Waals surface area contributed by atoms with E-state index in [2.05, 4.69) is 21.2 Å². The van der Waals surface area contributed by atoms with Gasteiger partial charge in [-0.2, -0.15) is 0 Å². The Morgan fingerprint density at radius 1 is 1.36 bits per heavy atom. The molecule has 0 aliphatic rings. The molecular weight excluding hydrogens is 246 g/mol. The summed E-state index contributed by atoms with van der Waals surface area (Å²) in [6.07, 6.45) is -0.214. The third kappa shape index (κ3) is 3.65. The molecule has 0 fully saturated rings. The number of hydrogen-bond donors (Lipinski definition) is 1. The highest BCUT2D eigenvalue weighted by molar-refractivity contribution is 9.10. The molecule has 0 saturated heterocycles. The van der Waals surface area contributed by atoms with Gasteiger partial charge in [-0.05, 0) is 18.2 Å². The fraction of sp³-hybridized carbons (Fsp3) is 0.400. The Morgan fingerprint density at radius 2 is 2.07 bits per heavy atom. The van der Waals surface area contributed by atoms with Crippen molar-refractivity contribution in [3.63, 3.8) is 0 Å². The molecule has 0 aromatic heterocycles. The molecule has 4 heteroatoms. The number of rotatable bonds is 5. The van der Waals surface area contributed by atoms with Crippen LogP contribution in [0.4, 0.5) is 5.69 Å². The van der Waals surface area contributed by atoms with Crippen LogP contribution in [-0.4, -0.2) is 27.1 Å². The Labute approximate surface area is 92.5 Å². The van der Waals surface area contributed by atoms with Crippen LogP contribution in [0.3, 0.4) is 0 Å². The summed E-state index contributed by atoms with van der Waals surface area (Å²) in [5, 5.41) is 3.21. The average molecular weight is 260 g/mol. The summed E-state index contributed by atoms with van der Waals surface area (Å²) >= 11 is 3.40. The Bertz CT molecular complexity index is 277. The number of hydrogen-bond acceptors (Lipinski definition) is 3. The summed E-state index contributed by atoms with van der Waals surface area (Å²) < 4.78 is 11.2. The van der Waals surface area contributed by atoms with Gasteiger partial charge in [0.25, 0.3) is 0 Å². The Hall–Kier alpha value is -0.580. The lowest BCUT2D eigenvalue weighted by molar-refractivity contribution is -0.0914. The molecule has 0 amide bonds. The van der Waals surface area contributed by atoms with Gasteiger partial charge in [0.2, 0.25) is 0 Å². The fourth-order valence-electron chi connectivity index (χ4n) is 1.06. The van der Waals surface area contributed by atoms with Gasteiger partial charge in [0.15, 0.2) is 6.29 Å². The number of methoxy groups -OCH3 is 2. The molecule has 0 bridgehead atoms.